The molecule has 3 rings (SSSR count). The molecule has 2 radical (unpaired) electrons. The van der Waals surface area contributed by atoms with Crippen molar-refractivity contribution in [3.63, 3.8) is 0 Å². The summed E-state index contributed by atoms with van der Waals surface area (Å²) >= 11 is 0. The molecule has 3 aliphatic heterocycles. The zero-order valence-electron chi connectivity index (χ0n) is 9.59. The molecule has 0 aromatic rings. The molecule has 0 saturated carbocycles. The number of amidine groups is 2. The average Bonchev–Trinajstić information content (AvgIpc) is 2.34. The van der Waals surface area contributed by atoms with Gasteiger partial charge in [0.15, 0.2) is 0 Å². The fraction of sp³-hybridized carbons (Fsp3) is 0.417. The van der Waals surface area contributed by atoms with Crippen LogP contribution in [0.15, 0.2) is 23.8 Å². The molecule has 1 fully saturated rings. The van der Waals surface area contributed by atoms with Crippen molar-refractivity contribution >= 4 is 25.4 Å². The Bertz CT molecular complexity index is 494. The van der Waals surface area contributed by atoms with Crippen LogP contribution in [0.5, 0.6) is 0 Å². The van der Waals surface area contributed by atoms with E-state index in [0.29, 0.717) is 11.3 Å². The average molecular weight is 226 g/mol. The van der Waals surface area contributed by atoms with Gasteiger partial charge in [0.1, 0.15) is 7.85 Å². The number of fused-ring (bicyclic) bond motifs is 1. The molecule has 4 nitrogen and oxygen atoms in total. The predicted octanol–water partition coefficient (Wildman–Crippen LogP) is -0.242. The maximum Gasteiger partial charge on any atom is 0.389 e. The van der Waals surface area contributed by atoms with Crippen LogP contribution in [0.25, 0.3) is 0 Å². The summed E-state index contributed by atoms with van der Waals surface area (Å²) in [5.74, 6) is 1.31. The van der Waals surface area contributed by atoms with E-state index in [2.05, 4.69) is 4.67 Å². The van der Waals surface area contributed by atoms with Crippen molar-refractivity contribution in [2.75, 3.05) is 13.1 Å². The quantitative estimate of drug-likeness (QED) is 0.457. The van der Waals surface area contributed by atoms with Gasteiger partial charge in [-0.3, -0.25) is 4.79 Å². The third-order valence-electron chi connectivity index (χ3n) is 3.23. The van der Waals surface area contributed by atoms with Crippen LogP contribution in [0.2, 0.25) is 0 Å². The summed E-state index contributed by atoms with van der Waals surface area (Å²) in [4.78, 5) is 15.8. The standard InChI is InChI=1S/C12H13BN3O/c13-9-4-5-10-14-11(16(10)8-9)12(17)15-6-2-1-3-7-15/h4-5,8H,1-3,6-7H2/q+1. The minimum absolute atomic E-state index is 0.0211. The van der Waals surface area contributed by atoms with Gasteiger partial charge in [-0.05, 0) is 19.3 Å². The van der Waals surface area contributed by atoms with Gasteiger partial charge < -0.3 is 4.90 Å². The van der Waals surface area contributed by atoms with Crippen LogP contribution >= 0.6 is 0 Å². The molecule has 0 N–H and O–H groups in total. The second kappa shape index (κ2) is 3.93. The minimum Gasteiger partial charge on any atom is -0.332 e. The third kappa shape index (κ3) is 1.73. The fourth-order valence-electron chi connectivity index (χ4n) is 2.28. The van der Waals surface area contributed by atoms with Crippen LogP contribution in [-0.4, -0.2) is 48.3 Å². The second-order valence-corrected chi connectivity index (χ2v) is 4.48. The Morgan fingerprint density at radius 2 is 2.00 bits per heavy atom. The van der Waals surface area contributed by atoms with E-state index in [1.807, 2.05) is 11.0 Å². The molecule has 0 unspecified atom stereocenters. The molecule has 1 saturated heterocycles. The molecule has 0 aromatic heterocycles. The van der Waals surface area contributed by atoms with Crippen LogP contribution in [0.3, 0.4) is 0 Å². The molecule has 0 atom stereocenters. The molecule has 84 valence electrons. The smallest absolute Gasteiger partial charge is 0.332 e. The Balaban J connectivity index is 1.80. The summed E-state index contributed by atoms with van der Waals surface area (Å²) in [6, 6.07) is 0. The first-order chi connectivity index (χ1) is 8.25. The molecule has 3 aliphatic rings. The number of rotatable bonds is 1. The van der Waals surface area contributed by atoms with Gasteiger partial charge in [0.25, 0.3) is 0 Å². The summed E-state index contributed by atoms with van der Waals surface area (Å²) in [5.41, 5.74) is 0.646. The highest BCUT2D eigenvalue weighted by molar-refractivity contribution is 6.45. The van der Waals surface area contributed by atoms with Gasteiger partial charge in [-0.15, -0.1) is 0 Å². The van der Waals surface area contributed by atoms with Crippen LogP contribution < -0.4 is 4.67 Å². The second-order valence-electron chi connectivity index (χ2n) is 4.48. The summed E-state index contributed by atoms with van der Waals surface area (Å²) < 4.78 is 4.23. The zero-order valence-corrected chi connectivity index (χ0v) is 9.59. The van der Waals surface area contributed by atoms with E-state index in [1.54, 1.807) is 17.2 Å². The van der Waals surface area contributed by atoms with Gasteiger partial charge in [-0.1, -0.05) is 11.5 Å². The van der Waals surface area contributed by atoms with Gasteiger partial charge in [0.2, 0.25) is 0 Å². The van der Waals surface area contributed by atoms with E-state index in [9.17, 15) is 4.79 Å². The molecular weight excluding hydrogens is 213 g/mol. The van der Waals surface area contributed by atoms with Crippen molar-refractivity contribution in [3.8, 4) is 0 Å². The monoisotopic (exact) mass is 226 g/mol. The van der Waals surface area contributed by atoms with E-state index in [4.69, 9.17) is 7.85 Å². The summed E-state index contributed by atoms with van der Waals surface area (Å²) in [6.45, 7) is 1.69. The number of amides is 1. The number of allylic oxidation sites excluding steroid dienone is 2. The first-order valence-corrected chi connectivity index (χ1v) is 5.95. The highest BCUT2D eigenvalue weighted by atomic mass is 16.2. The minimum atomic E-state index is 0.0211. The Kier molecular flexibility index (Phi) is 2.41. The lowest BCUT2D eigenvalue weighted by molar-refractivity contribution is -0.125. The Morgan fingerprint density at radius 1 is 1.24 bits per heavy atom. The zero-order chi connectivity index (χ0) is 11.8. The lowest BCUT2D eigenvalue weighted by Crippen LogP contribution is -2.54. The van der Waals surface area contributed by atoms with Gasteiger partial charge in [-0.25, -0.2) is 4.67 Å². The molecule has 3 heterocycles. The Morgan fingerprint density at radius 3 is 2.76 bits per heavy atom. The normalized spacial score (nSPS) is 22.2. The first-order valence-electron chi connectivity index (χ1n) is 5.95. The number of carbonyl (C=O) groups is 1. The first kappa shape index (κ1) is 10.4. The molecule has 1 amide bonds. The highest BCUT2D eigenvalue weighted by Gasteiger charge is 2.40. The Labute approximate surface area is 101 Å². The van der Waals surface area contributed by atoms with Gasteiger partial charge in [-0.2, -0.15) is 4.90 Å². The lowest BCUT2D eigenvalue weighted by Gasteiger charge is -2.28. The molecule has 0 spiro atoms. The number of hydrogen-bond acceptors (Lipinski definition) is 2. The van der Waals surface area contributed by atoms with Crippen LogP contribution in [0.1, 0.15) is 19.3 Å². The number of nitrogens with zero attached hydrogens (tertiary/aromatic N) is 3. The van der Waals surface area contributed by atoms with E-state index in [1.165, 1.54) is 6.42 Å². The third-order valence-corrected chi connectivity index (χ3v) is 3.23. The number of hydrogen-bond donors (Lipinski definition) is 0. The van der Waals surface area contributed by atoms with Crippen molar-refractivity contribution in [1.82, 2.24) is 14.5 Å². The topological polar surface area (TPSA) is 37.7 Å². The maximum absolute atomic E-state index is 12.2. The molecule has 0 aromatic carbocycles. The highest BCUT2D eigenvalue weighted by Crippen LogP contribution is 2.14. The van der Waals surface area contributed by atoms with Crippen molar-refractivity contribution in [3.05, 3.63) is 23.8 Å². The van der Waals surface area contributed by atoms with E-state index >= 15 is 0 Å². The summed E-state index contributed by atoms with van der Waals surface area (Å²) in [5, 5.41) is 0. The fourth-order valence-corrected chi connectivity index (χ4v) is 2.28. The maximum atomic E-state index is 12.2. The lowest BCUT2D eigenvalue weighted by atomic mass is 9.94. The predicted molar refractivity (Wildman–Crippen MR) is 67.4 cm³/mol. The SMILES string of the molecule is [B]C1=CN2C(=[N+]=C2C(=O)N2CCCCC2)C=C1. The number of likely N-dealkylation sites (tertiary alicyclic amines) is 1. The van der Waals surface area contributed by atoms with Crippen LogP contribution in [0, 0.1) is 0 Å². The molecule has 0 bridgehead atoms. The van der Waals surface area contributed by atoms with Crippen LogP contribution in [0.4, 0.5) is 0 Å². The Hall–Kier alpha value is -1.74. The van der Waals surface area contributed by atoms with Crippen molar-refractivity contribution in [2.24, 2.45) is 0 Å². The molecule has 0 aliphatic carbocycles. The van der Waals surface area contributed by atoms with Gasteiger partial charge in [0.05, 0.1) is 6.20 Å². The van der Waals surface area contributed by atoms with E-state index < -0.39 is 0 Å². The van der Waals surface area contributed by atoms with Crippen molar-refractivity contribution in [2.45, 2.75) is 19.3 Å². The molecular formula is C12H13BN3O+. The number of carbonyl (C=O) groups excluding carboxylic acids is 1. The molecule has 5 heteroatoms. The summed E-state index contributed by atoms with van der Waals surface area (Å²) in [7, 11) is 5.70. The van der Waals surface area contributed by atoms with Gasteiger partial charge >= 0.3 is 17.6 Å². The van der Waals surface area contributed by atoms with E-state index in [-0.39, 0.29) is 5.91 Å². The van der Waals surface area contributed by atoms with Crippen molar-refractivity contribution < 1.29 is 4.79 Å². The van der Waals surface area contributed by atoms with E-state index in [0.717, 1.165) is 31.8 Å². The number of piperidine rings is 1. The summed E-state index contributed by atoms with van der Waals surface area (Å²) in [6.07, 6.45) is 8.76. The largest absolute Gasteiger partial charge is 0.389 e. The van der Waals surface area contributed by atoms with Crippen LogP contribution in [-0.2, 0) is 4.79 Å². The molecule has 17 heavy (non-hydrogen) atoms. The van der Waals surface area contributed by atoms with Gasteiger partial charge in [0, 0.05) is 19.2 Å². The van der Waals surface area contributed by atoms with Crippen molar-refractivity contribution in [1.29, 1.82) is 0 Å².